The van der Waals surface area contributed by atoms with Crippen LogP contribution >= 0.6 is 0 Å². The number of ether oxygens (including phenoxy) is 2. The number of piperidine rings is 1. The second-order valence-electron chi connectivity index (χ2n) is 5.37. The van der Waals surface area contributed by atoms with Crippen molar-refractivity contribution in [3.63, 3.8) is 0 Å². The predicted octanol–water partition coefficient (Wildman–Crippen LogP) is 1.08. The largest absolute Gasteiger partial charge is 0.346 e. The Kier molecular flexibility index (Phi) is 4.81. The van der Waals surface area contributed by atoms with Crippen LogP contribution in [0.15, 0.2) is 0 Å². The third-order valence-corrected chi connectivity index (χ3v) is 4.24. The van der Waals surface area contributed by atoms with Crippen LogP contribution in [-0.2, 0) is 14.3 Å². The van der Waals surface area contributed by atoms with Gasteiger partial charge in [0.2, 0.25) is 5.91 Å². The van der Waals surface area contributed by atoms with E-state index in [1.54, 1.807) is 0 Å². The number of rotatable bonds is 4. The molecule has 19 heavy (non-hydrogen) atoms. The van der Waals surface area contributed by atoms with E-state index in [0.717, 1.165) is 32.5 Å². The molecule has 0 aliphatic carbocycles. The average molecular weight is 270 g/mol. The van der Waals surface area contributed by atoms with Gasteiger partial charge in [0.05, 0.1) is 25.8 Å². The summed E-state index contributed by atoms with van der Waals surface area (Å²) in [5.74, 6) is -0.240. The van der Waals surface area contributed by atoms with Gasteiger partial charge in [-0.1, -0.05) is 0 Å². The first kappa shape index (κ1) is 14.8. The number of nitrogens with zero attached hydrogens (tertiary/aromatic N) is 2. The first-order valence-electron chi connectivity index (χ1n) is 7.42. The Balaban J connectivity index is 1.98. The molecule has 2 fully saturated rings. The third-order valence-electron chi connectivity index (χ3n) is 4.24. The number of hydrogen-bond donors (Lipinski definition) is 0. The fourth-order valence-corrected chi connectivity index (χ4v) is 3.04. The molecule has 2 aliphatic rings. The number of carbonyl (C=O) groups excluding carboxylic acids is 1. The van der Waals surface area contributed by atoms with Gasteiger partial charge in [0, 0.05) is 19.5 Å². The van der Waals surface area contributed by atoms with Crippen molar-refractivity contribution in [1.29, 1.82) is 0 Å². The molecule has 0 aromatic carbocycles. The molecule has 5 nitrogen and oxygen atoms in total. The SMILES string of the molecule is CCN(CC)C(=O)C(C)N1CCCC2(C1)OCCO2. The summed E-state index contributed by atoms with van der Waals surface area (Å²) in [7, 11) is 0. The van der Waals surface area contributed by atoms with E-state index in [-0.39, 0.29) is 11.9 Å². The van der Waals surface area contributed by atoms with E-state index in [9.17, 15) is 4.79 Å². The molecule has 2 saturated heterocycles. The topological polar surface area (TPSA) is 42.0 Å². The number of hydrogen-bond acceptors (Lipinski definition) is 4. The number of carbonyl (C=O) groups is 1. The van der Waals surface area contributed by atoms with E-state index in [0.29, 0.717) is 19.8 Å². The smallest absolute Gasteiger partial charge is 0.239 e. The Morgan fingerprint density at radius 1 is 1.32 bits per heavy atom. The summed E-state index contributed by atoms with van der Waals surface area (Å²) < 4.78 is 11.5. The Morgan fingerprint density at radius 2 is 1.95 bits per heavy atom. The molecule has 5 heteroatoms. The Labute approximate surface area is 115 Å². The average Bonchev–Trinajstić information content (AvgIpc) is 2.87. The molecule has 0 bridgehead atoms. The minimum atomic E-state index is -0.448. The zero-order chi connectivity index (χ0) is 13.9. The zero-order valence-corrected chi connectivity index (χ0v) is 12.4. The molecule has 1 unspecified atom stereocenters. The van der Waals surface area contributed by atoms with Crippen LogP contribution < -0.4 is 0 Å². The van der Waals surface area contributed by atoms with Gasteiger partial charge >= 0.3 is 0 Å². The molecule has 1 atom stereocenters. The van der Waals surface area contributed by atoms with Gasteiger partial charge < -0.3 is 14.4 Å². The second kappa shape index (κ2) is 6.20. The molecule has 0 saturated carbocycles. The highest BCUT2D eigenvalue weighted by atomic mass is 16.7. The van der Waals surface area contributed by atoms with Gasteiger partial charge in [-0.2, -0.15) is 0 Å². The molecule has 0 N–H and O–H groups in total. The van der Waals surface area contributed by atoms with E-state index < -0.39 is 5.79 Å². The van der Waals surface area contributed by atoms with E-state index >= 15 is 0 Å². The Bertz CT molecular complexity index is 312. The molecule has 0 aromatic heterocycles. The summed E-state index contributed by atoms with van der Waals surface area (Å²) in [4.78, 5) is 16.5. The van der Waals surface area contributed by atoms with Crippen LogP contribution in [0.5, 0.6) is 0 Å². The molecule has 1 amide bonds. The summed E-state index contributed by atoms with van der Waals surface area (Å²) >= 11 is 0. The number of likely N-dealkylation sites (N-methyl/N-ethyl adjacent to an activating group) is 1. The van der Waals surface area contributed by atoms with E-state index in [2.05, 4.69) is 4.90 Å². The van der Waals surface area contributed by atoms with Crippen molar-refractivity contribution in [2.75, 3.05) is 39.4 Å². The van der Waals surface area contributed by atoms with Crippen molar-refractivity contribution in [2.24, 2.45) is 0 Å². The van der Waals surface area contributed by atoms with Crippen molar-refractivity contribution in [3.8, 4) is 0 Å². The fraction of sp³-hybridized carbons (Fsp3) is 0.929. The van der Waals surface area contributed by atoms with Crippen LogP contribution in [0.3, 0.4) is 0 Å². The highest BCUT2D eigenvalue weighted by molar-refractivity contribution is 5.81. The highest BCUT2D eigenvalue weighted by Gasteiger charge is 2.43. The van der Waals surface area contributed by atoms with Gasteiger partial charge in [-0.25, -0.2) is 0 Å². The van der Waals surface area contributed by atoms with Gasteiger partial charge in [-0.05, 0) is 33.7 Å². The minimum Gasteiger partial charge on any atom is -0.346 e. The molecule has 110 valence electrons. The van der Waals surface area contributed by atoms with Crippen molar-refractivity contribution < 1.29 is 14.3 Å². The summed E-state index contributed by atoms with van der Waals surface area (Å²) in [5, 5.41) is 0. The molecule has 0 aromatic rings. The lowest BCUT2D eigenvalue weighted by Gasteiger charge is -2.41. The number of likely N-dealkylation sites (tertiary alicyclic amines) is 1. The predicted molar refractivity (Wildman–Crippen MR) is 72.8 cm³/mol. The quantitative estimate of drug-likeness (QED) is 0.766. The standard InChI is InChI=1S/C14H26N2O3/c1-4-15(5-2)13(17)12(3)16-8-6-7-14(11-16)18-9-10-19-14/h12H,4-11H2,1-3H3. The maximum atomic E-state index is 12.4. The maximum absolute atomic E-state index is 12.4. The molecular weight excluding hydrogens is 244 g/mol. The Morgan fingerprint density at radius 3 is 2.53 bits per heavy atom. The Hall–Kier alpha value is -0.650. The van der Waals surface area contributed by atoms with E-state index in [1.807, 2.05) is 25.7 Å². The monoisotopic (exact) mass is 270 g/mol. The lowest BCUT2D eigenvalue weighted by Crippen LogP contribution is -2.56. The lowest BCUT2D eigenvalue weighted by atomic mass is 10.0. The van der Waals surface area contributed by atoms with Crippen molar-refractivity contribution in [1.82, 2.24) is 9.80 Å². The third kappa shape index (κ3) is 3.09. The van der Waals surface area contributed by atoms with E-state index in [1.165, 1.54) is 0 Å². The summed E-state index contributed by atoms with van der Waals surface area (Å²) in [6.07, 6.45) is 1.96. The molecule has 0 radical (unpaired) electrons. The second-order valence-corrected chi connectivity index (χ2v) is 5.37. The molecule has 2 aliphatic heterocycles. The van der Waals surface area contributed by atoms with Crippen LogP contribution in [0.25, 0.3) is 0 Å². The molecular formula is C14H26N2O3. The number of amides is 1. The van der Waals surface area contributed by atoms with Gasteiger partial charge in [0.25, 0.3) is 0 Å². The van der Waals surface area contributed by atoms with Gasteiger partial charge in [-0.15, -0.1) is 0 Å². The molecule has 2 heterocycles. The highest BCUT2D eigenvalue weighted by Crippen LogP contribution is 2.31. The lowest BCUT2D eigenvalue weighted by molar-refractivity contribution is -0.194. The van der Waals surface area contributed by atoms with Crippen LogP contribution in [0.2, 0.25) is 0 Å². The molecule has 2 rings (SSSR count). The normalized spacial score (nSPS) is 24.6. The van der Waals surface area contributed by atoms with E-state index in [4.69, 9.17) is 9.47 Å². The van der Waals surface area contributed by atoms with Crippen molar-refractivity contribution >= 4 is 5.91 Å². The summed E-state index contributed by atoms with van der Waals surface area (Å²) in [6.45, 7) is 10.6. The van der Waals surface area contributed by atoms with Crippen LogP contribution in [0.1, 0.15) is 33.6 Å². The van der Waals surface area contributed by atoms with Gasteiger partial charge in [0.15, 0.2) is 5.79 Å². The van der Waals surface area contributed by atoms with Gasteiger partial charge in [0.1, 0.15) is 0 Å². The first-order chi connectivity index (χ1) is 9.12. The van der Waals surface area contributed by atoms with Crippen molar-refractivity contribution in [2.45, 2.75) is 45.4 Å². The van der Waals surface area contributed by atoms with Crippen LogP contribution in [0, 0.1) is 0 Å². The molecule has 1 spiro atoms. The summed E-state index contributed by atoms with van der Waals surface area (Å²) in [6, 6.07) is -0.0927. The first-order valence-corrected chi connectivity index (χ1v) is 7.42. The van der Waals surface area contributed by atoms with Crippen LogP contribution in [-0.4, -0.2) is 66.9 Å². The van der Waals surface area contributed by atoms with Crippen molar-refractivity contribution in [3.05, 3.63) is 0 Å². The van der Waals surface area contributed by atoms with Crippen LogP contribution in [0.4, 0.5) is 0 Å². The zero-order valence-electron chi connectivity index (χ0n) is 12.4. The van der Waals surface area contributed by atoms with Gasteiger partial charge in [-0.3, -0.25) is 9.69 Å². The summed E-state index contributed by atoms with van der Waals surface area (Å²) in [5.41, 5.74) is 0. The minimum absolute atomic E-state index is 0.0927. The maximum Gasteiger partial charge on any atom is 0.239 e. The fourth-order valence-electron chi connectivity index (χ4n) is 3.04.